The van der Waals surface area contributed by atoms with Crippen LogP contribution in [0.5, 0.6) is 11.5 Å². The highest BCUT2D eigenvalue weighted by molar-refractivity contribution is 8.25. The molecular formula is C15H17NO5S2. The lowest BCUT2D eigenvalue weighted by atomic mass is 10.1. The highest BCUT2D eigenvalue weighted by Crippen LogP contribution is 2.33. The summed E-state index contributed by atoms with van der Waals surface area (Å²) in [4.78, 5) is 13.2. The van der Waals surface area contributed by atoms with Crippen LogP contribution in [-0.4, -0.2) is 52.4 Å². The molecule has 2 N–H and O–H groups in total. The number of rotatable bonds is 5. The Balaban J connectivity index is 2.13. The summed E-state index contributed by atoms with van der Waals surface area (Å²) in [5.74, 6) is -0.426. The number of hydrogen-bond acceptors (Lipinski definition) is 6. The van der Waals surface area contributed by atoms with Gasteiger partial charge in [-0.1, -0.05) is 36.1 Å². The van der Waals surface area contributed by atoms with Gasteiger partial charge in [0.05, 0.1) is 20.1 Å². The largest absolute Gasteiger partial charge is 0.504 e. The van der Waals surface area contributed by atoms with Crippen molar-refractivity contribution < 1.29 is 24.5 Å². The molecular weight excluding hydrogens is 338 g/mol. The molecule has 0 saturated carbocycles. The van der Waals surface area contributed by atoms with Crippen LogP contribution in [0.1, 0.15) is 12.0 Å². The van der Waals surface area contributed by atoms with Gasteiger partial charge in [-0.15, -0.1) is 0 Å². The number of hydrogen-bond donors (Lipinski definition) is 2. The molecule has 1 fully saturated rings. The fourth-order valence-corrected chi connectivity index (χ4v) is 3.26. The first-order valence-electron chi connectivity index (χ1n) is 6.84. The minimum atomic E-state index is -0.876. The minimum absolute atomic E-state index is 0.000218. The van der Waals surface area contributed by atoms with Crippen LogP contribution in [0, 0.1) is 0 Å². The molecule has 6 nitrogen and oxygen atoms in total. The number of carboxylic acid groups (broad SMARTS) is 1. The van der Waals surface area contributed by atoms with Gasteiger partial charge in [0.1, 0.15) is 11.1 Å². The Labute approximate surface area is 143 Å². The van der Waals surface area contributed by atoms with Crippen molar-refractivity contribution in [2.45, 2.75) is 6.42 Å². The van der Waals surface area contributed by atoms with Crippen LogP contribution in [0.25, 0.3) is 6.08 Å². The van der Waals surface area contributed by atoms with Crippen molar-refractivity contribution in [1.82, 2.24) is 4.90 Å². The second-order valence-corrected chi connectivity index (χ2v) is 6.52. The molecule has 1 aromatic rings. The number of benzene rings is 1. The topological polar surface area (TPSA) is 79.2 Å². The Morgan fingerprint density at radius 3 is 3.04 bits per heavy atom. The first kappa shape index (κ1) is 17.6. The van der Waals surface area contributed by atoms with E-state index in [-0.39, 0.29) is 18.9 Å². The van der Waals surface area contributed by atoms with Crippen molar-refractivity contribution >= 4 is 40.3 Å². The number of nitrogens with zero attached hydrogens (tertiary/aromatic N) is 1. The molecule has 1 aliphatic rings. The van der Waals surface area contributed by atoms with Crippen molar-refractivity contribution in [3.8, 4) is 11.5 Å². The van der Waals surface area contributed by atoms with E-state index >= 15 is 0 Å². The van der Waals surface area contributed by atoms with Crippen molar-refractivity contribution in [3.63, 3.8) is 0 Å². The Kier molecular flexibility index (Phi) is 6.26. The maximum absolute atomic E-state index is 10.7. The summed E-state index contributed by atoms with van der Waals surface area (Å²) >= 11 is 6.66. The number of aromatic hydroxyl groups is 1. The van der Waals surface area contributed by atoms with Crippen LogP contribution in [0.15, 0.2) is 23.1 Å². The van der Waals surface area contributed by atoms with E-state index < -0.39 is 5.97 Å². The van der Waals surface area contributed by atoms with Gasteiger partial charge in [0.25, 0.3) is 0 Å². The fourth-order valence-electron chi connectivity index (χ4n) is 1.97. The molecule has 23 heavy (non-hydrogen) atoms. The van der Waals surface area contributed by atoms with E-state index in [1.54, 1.807) is 29.2 Å². The van der Waals surface area contributed by atoms with Gasteiger partial charge in [-0.2, -0.15) is 0 Å². The zero-order valence-corrected chi connectivity index (χ0v) is 14.2. The summed E-state index contributed by atoms with van der Waals surface area (Å²) in [6, 6.07) is 5.22. The molecule has 0 spiro atoms. The lowest BCUT2D eigenvalue weighted by molar-refractivity contribution is -0.137. The first-order valence-corrected chi connectivity index (χ1v) is 8.06. The van der Waals surface area contributed by atoms with E-state index in [4.69, 9.17) is 26.8 Å². The standard InChI is InChI=1S/C15H17NO5S2/c1-20-12-4-2-3-10(14(12)19)7-11-8-21-9-16(15(22)23-11)6-5-13(17)18/h2-4,7,19H,5-6,8-9H2,1H3,(H,17,18)/b11-7-. The van der Waals surface area contributed by atoms with E-state index in [0.717, 1.165) is 4.91 Å². The molecule has 1 heterocycles. The van der Waals surface area contributed by atoms with Crippen molar-refractivity contribution in [1.29, 1.82) is 0 Å². The summed E-state index contributed by atoms with van der Waals surface area (Å²) < 4.78 is 11.2. The molecule has 124 valence electrons. The molecule has 1 aliphatic heterocycles. The molecule has 0 amide bonds. The summed E-state index contributed by atoms with van der Waals surface area (Å²) in [6.07, 6.45) is 1.79. The van der Waals surface area contributed by atoms with E-state index in [9.17, 15) is 9.90 Å². The third-order valence-corrected chi connectivity index (χ3v) is 4.57. The van der Waals surface area contributed by atoms with Crippen LogP contribution >= 0.6 is 24.0 Å². The number of ether oxygens (including phenoxy) is 2. The summed E-state index contributed by atoms with van der Waals surface area (Å²) in [5.41, 5.74) is 0.609. The predicted molar refractivity (Wildman–Crippen MR) is 92.6 cm³/mol. The molecule has 0 radical (unpaired) electrons. The number of aliphatic carboxylic acids is 1. The zero-order valence-electron chi connectivity index (χ0n) is 12.5. The van der Waals surface area contributed by atoms with Crippen molar-refractivity contribution in [2.75, 3.05) is 27.0 Å². The Bertz CT molecular complexity index is 632. The summed E-state index contributed by atoms with van der Waals surface area (Å²) in [7, 11) is 1.49. The monoisotopic (exact) mass is 355 g/mol. The molecule has 0 unspecified atom stereocenters. The zero-order chi connectivity index (χ0) is 16.8. The van der Waals surface area contributed by atoms with Gasteiger partial charge in [0, 0.05) is 17.0 Å². The number of phenolic OH excluding ortho intramolecular Hbond substituents is 1. The number of carbonyl (C=O) groups is 1. The molecule has 2 rings (SSSR count). The normalized spacial score (nSPS) is 17.2. The van der Waals surface area contributed by atoms with E-state index in [0.29, 0.717) is 28.8 Å². The van der Waals surface area contributed by atoms with E-state index in [1.807, 2.05) is 0 Å². The van der Waals surface area contributed by atoms with Crippen LogP contribution in [-0.2, 0) is 9.53 Å². The summed E-state index contributed by atoms with van der Waals surface area (Å²) in [6.45, 7) is 0.893. The molecule has 0 aliphatic carbocycles. The van der Waals surface area contributed by atoms with Crippen LogP contribution in [0.2, 0.25) is 0 Å². The Morgan fingerprint density at radius 2 is 2.35 bits per heavy atom. The molecule has 8 heteroatoms. The number of thiocarbonyl (C=S) groups is 1. The number of phenols is 1. The van der Waals surface area contributed by atoms with Gasteiger partial charge < -0.3 is 24.6 Å². The molecule has 1 aromatic carbocycles. The van der Waals surface area contributed by atoms with Crippen molar-refractivity contribution in [2.24, 2.45) is 0 Å². The average Bonchev–Trinajstić information content (AvgIpc) is 2.68. The minimum Gasteiger partial charge on any atom is -0.504 e. The van der Waals surface area contributed by atoms with Crippen LogP contribution in [0.3, 0.4) is 0 Å². The van der Waals surface area contributed by atoms with Crippen LogP contribution < -0.4 is 4.74 Å². The number of methoxy groups -OCH3 is 1. The van der Waals surface area contributed by atoms with E-state index in [1.165, 1.54) is 18.9 Å². The molecule has 0 aromatic heterocycles. The van der Waals surface area contributed by atoms with Gasteiger partial charge in [0.2, 0.25) is 0 Å². The lowest BCUT2D eigenvalue weighted by Crippen LogP contribution is -2.30. The fraction of sp³-hybridized carbons (Fsp3) is 0.333. The van der Waals surface area contributed by atoms with Gasteiger partial charge >= 0.3 is 5.97 Å². The third-order valence-electron chi connectivity index (χ3n) is 3.13. The summed E-state index contributed by atoms with van der Waals surface area (Å²) in [5, 5.41) is 18.9. The maximum Gasteiger partial charge on any atom is 0.305 e. The molecule has 1 saturated heterocycles. The number of thioether (sulfide) groups is 1. The van der Waals surface area contributed by atoms with Gasteiger partial charge in [-0.25, -0.2) is 0 Å². The highest BCUT2D eigenvalue weighted by atomic mass is 32.2. The number of carboxylic acids is 1. The maximum atomic E-state index is 10.7. The molecule has 0 atom stereocenters. The predicted octanol–water partition coefficient (Wildman–Crippen LogP) is 2.52. The number of para-hydroxylation sites is 1. The van der Waals surface area contributed by atoms with Gasteiger partial charge in [-0.3, -0.25) is 4.79 Å². The van der Waals surface area contributed by atoms with Crippen LogP contribution in [0.4, 0.5) is 0 Å². The van der Waals surface area contributed by atoms with Crippen molar-refractivity contribution in [3.05, 3.63) is 28.7 Å². The Hall–Kier alpha value is -1.77. The second kappa shape index (κ2) is 8.19. The third kappa shape index (κ3) is 4.85. The van der Waals surface area contributed by atoms with Gasteiger partial charge in [0.15, 0.2) is 11.5 Å². The SMILES string of the molecule is COc1cccc(/C=C2/COCN(CCC(=O)O)C(=S)S2)c1O. The second-order valence-electron chi connectivity index (χ2n) is 4.76. The quantitative estimate of drug-likeness (QED) is 0.780. The van der Waals surface area contributed by atoms with Gasteiger partial charge in [-0.05, 0) is 12.1 Å². The lowest BCUT2D eigenvalue weighted by Gasteiger charge is -2.20. The van der Waals surface area contributed by atoms with E-state index in [2.05, 4.69) is 0 Å². The Morgan fingerprint density at radius 1 is 1.57 bits per heavy atom. The first-order chi connectivity index (χ1) is 11.0. The molecule has 0 bridgehead atoms. The average molecular weight is 355 g/mol. The highest BCUT2D eigenvalue weighted by Gasteiger charge is 2.19. The smallest absolute Gasteiger partial charge is 0.305 e.